The highest BCUT2D eigenvalue weighted by Gasteiger charge is 2.45. The Morgan fingerprint density at radius 2 is 1.71 bits per heavy atom. The number of rotatable bonds is 9. The Morgan fingerprint density at radius 1 is 0.971 bits per heavy atom. The summed E-state index contributed by atoms with van der Waals surface area (Å²) in [6.07, 6.45) is 1.14. The maximum absolute atomic E-state index is 10.9. The largest absolute Gasteiger partial charge is 0.494 e. The lowest BCUT2D eigenvalue weighted by atomic mass is 9.82. The summed E-state index contributed by atoms with van der Waals surface area (Å²) in [5.74, 6) is 0.855. The van der Waals surface area contributed by atoms with Crippen LogP contribution in [-0.2, 0) is 30.4 Å². The van der Waals surface area contributed by atoms with Crippen LogP contribution in [0.3, 0.4) is 0 Å². The summed E-state index contributed by atoms with van der Waals surface area (Å²) in [5, 5.41) is 41.4. The minimum Gasteiger partial charge on any atom is -0.494 e. The molecular weight excluding hydrogens is 432 g/mol. The quantitative estimate of drug-likeness (QED) is 0.450. The Hall–Kier alpha value is -1.96. The van der Waals surface area contributed by atoms with Gasteiger partial charge in [0.05, 0.1) is 13.2 Å². The van der Waals surface area contributed by atoms with Gasteiger partial charge in [0.1, 0.15) is 36.3 Å². The van der Waals surface area contributed by atoms with Crippen molar-refractivity contribution < 1.29 is 29.9 Å². The number of hydrogen-bond donors (Lipinski definition) is 4. The molecule has 2 aliphatic rings. The smallest absolute Gasteiger partial charge is 0.119 e. The van der Waals surface area contributed by atoms with Crippen molar-refractivity contribution in [2.75, 3.05) is 13.2 Å². The van der Waals surface area contributed by atoms with Crippen LogP contribution in [0.5, 0.6) is 5.75 Å². The third-order valence-corrected chi connectivity index (χ3v) is 7.26. The molecular formula is C28H38O6. The van der Waals surface area contributed by atoms with Crippen molar-refractivity contribution in [2.45, 2.75) is 89.3 Å². The molecule has 1 aliphatic carbocycles. The van der Waals surface area contributed by atoms with Crippen LogP contribution in [0.2, 0.25) is 0 Å². The molecule has 0 saturated carbocycles. The highest BCUT2D eigenvalue weighted by atomic mass is 16.5. The molecule has 1 fully saturated rings. The van der Waals surface area contributed by atoms with E-state index >= 15 is 0 Å². The monoisotopic (exact) mass is 470 g/mol. The summed E-state index contributed by atoms with van der Waals surface area (Å²) in [7, 11) is 0. The van der Waals surface area contributed by atoms with Gasteiger partial charge in [0.15, 0.2) is 0 Å². The third-order valence-electron chi connectivity index (χ3n) is 7.26. The molecule has 0 aromatic heterocycles. The first kappa shape index (κ1) is 25.1. The van der Waals surface area contributed by atoms with Gasteiger partial charge in [-0.15, -0.1) is 0 Å². The highest BCUT2D eigenvalue weighted by Crippen LogP contribution is 2.40. The first-order chi connectivity index (χ1) is 16.5. The molecule has 0 bridgehead atoms. The maximum atomic E-state index is 10.9. The van der Waals surface area contributed by atoms with Crippen molar-refractivity contribution in [3.05, 3.63) is 63.7 Å². The molecule has 0 amide bonds. The summed E-state index contributed by atoms with van der Waals surface area (Å²) < 4.78 is 11.6. The van der Waals surface area contributed by atoms with Gasteiger partial charge >= 0.3 is 0 Å². The van der Waals surface area contributed by atoms with Crippen molar-refractivity contribution in [3.63, 3.8) is 0 Å². The van der Waals surface area contributed by atoms with Crippen molar-refractivity contribution in [3.8, 4) is 5.75 Å². The second-order valence-corrected chi connectivity index (χ2v) is 9.52. The fourth-order valence-corrected chi connectivity index (χ4v) is 5.48. The molecule has 0 radical (unpaired) electrons. The summed E-state index contributed by atoms with van der Waals surface area (Å²) in [6.45, 7) is 4.34. The van der Waals surface area contributed by atoms with E-state index in [1.807, 2.05) is 19.1 Å². The van der Waals surface area contributed by atoms with Crippen LogP contribution in [0.25, 0.3) is 0 Å². The number of ether oxygens (including phenoxy) is 2. The standard InChI is InChI=1S/C28H38O6/c1-3-5-7-22-21-9-6-8-20(21)18(14-17-10-12-19(13-11-17)33-4-2)15-23(22)28-27(32)26(31)25(30)24(16-29)34-28/h10-13,15,24-32H,3-9,14,16H2,1-2H3/t24-,25-,26+,27-,28+/m1/s1. The van der Waals surface area contributed by atoms with Crippen LogP contribution in [0, 0.1) is 0 Å². The second kappa shape index (κ2) is 11.2. The lowest BCUT2D eigenvalue weighted by molar-refractivity contribution is -0.231. The molecule has 0 spiro atoms. The third kappa shape index (κ3) is 5.02. The van der Waals surface area contributed by atoms with Crippen molar-refractivity contribution in [1.29, 1.82) is 0 Å². The molecule has 1 saturated heterocycles. The van der Waals surface area contributed by atoms with Crippen LogP contribution >= 0.6 is 0 Å². The summed E-state index contributed by atoms with van der Waals surface area (Å²) >= 11 is 0. The van der Waals surface area contributed by atoms with Crippen LogP contribution in [-0.4, -0.2) is 58.1 Å². The van der Waals surface area contributed by atoms with Crippen molar-refractivity contribution >= 4 is 0 Å². The summed E-state index contributed by atoms with van der Waals surface area (Å²) in [4.78, 5) is 0. The molecule has 1 aliphatic heterocycles. The van der Waals surface area contributed by atoms with E-state index in [0.29, 0.717) is 6.61 Å². The van der Waals surface area contributed by atoms with Gasteiger partial charge < -0.3 is 29.9 Å². The maximum Gasteiger partial charge on any atom is 0.119 e. The van der Waals surface area contributed by atoms with E-state index in [1.165, 1.54) is 27.8 Å². The Bertz CT molecular complexity index is 954. The van der Waals surface area contributed by atoms with Crippen molar-refractivity contribution in [2.24, 2.45) is 0 Å². The van der Waals surface area contributed by atoms with Gasteiger partial charge in [0.2, 0.25) is 0 Å². The van der Waals surface area contributed by atoms with Gasteiger partial charge in [0.25, 0.3) is 0 Å². The zero-order chi connectivity index (χ0) is 24.2. The normalized spacial score (nSPS) is 26.5. The zero-order valence-electron chi connectivity index (χ0n) is 20.2. The predicted octanol–water partition coefficient (Wildman–Crippen LogP) is 3.02. The molecule has 1 heterocycles. The van der Waals surface area contributed by atoms with Crippen LogP contribution in [0.15, 0.2) is 30.3 Å². The molecule has 186 valence electrons. The van der Waals surface area contributed by atoms with Crippen LogP contribution in [0.1, 0.15) is 72.6 Å². The van der Waals surface area contributed by atoms with Crippen molar-refractivity contribution in [1.82, 2.24) is 0 Å². The van der Waals surface area contributed by atoms with Gasteiger partial charge in [-0.3, -0.25) is 0 Å². The van der Waals surface area contributed by atoms with E-state index in [4.69, 9.17) is 9.47 Å². The van der Waals surface area contributed by atoms with Gasteiger partial charge in [-0.1, -0.05) is 31.5 Å². The zero-order valence-corrected chi connectivity index (χ0v) is 20.2. The molecule has 6 nitrogen and oxygen atoms in total. The fourth-order valence-electron chi connectivity index (χ4n) is 5.48. The van der Waals surface area contributed by atoms with Gasteiger partial charge in [0, 0.05) is 0 Å². The molecule has 0 unspecified atom stereocenters. The Labute approximate surface area is 202 Å². The average Bonchev–Trinajstić information content (AvgIpc) is 3.34. The lowest BCUT2D eigenvalue weighted by Crippen LogP contribution is -2.55. The Balaban J connectivity index is 1.75. The summed E-state index contributed by atoms with van der Waals surface area (Å²) in [5.41, 5.74) is 7.22. The number of aliphatic hydroxyl groups excluding tert-OH is 4. The van der Waals surface area contributed by atoms with E-state index < -0.39 is 37.1 Å². The highest BCUT2D eigenvalue weighted by molar-refractivity contribution is 5.51. The SMILES string of the molecule is CCCCc1c([C@@H]2O[C@H](CO)[C@@H](O)[C@H](O)[C@H]2O)cc(Cc2ccc(OCC)cc2)c2c1CCC2. The van der Waals surface area contributed by atoms with Gasteiger partial charge in [-0.25, -0.2) is 0 Å². The molecule has 2 aromatic rings. The minimum absolute atomic E-state index is 0.421. The van der Waals surface area contributed by atoms with Crippen LogP contribution < -0.4 is 4.74 Å². The minimum atomic E-state index is -1.38. The van der Waals surface area contributed by atoms with E-state index in [1.54, 1.807) is 0 Å². The number of benzene rings is 2. The molecule has 2 aromatic carbocycles. The number of aliphatic hydroxyl groups is 4. The average molecular weight is 471 g/mol. The second-order valence-electron chi connectivity index (χ2n) is 9.52. The molecule has 5 atom stereocenters. The van der Waals surface area contributed by atoms with E-state index in [9.17, 15) is 20.4 Å². The predicted molar refractivity (Wildman–Crippen MR) is 130 cm³/mol. The van der Waals surface area contributed by atoms with E-state index in [-0.39, 0.29) is 0 Å². The number of hydrogen-bond acceptors (Lipinski definition) is 6. The molecule has 4 N–H and O–H groups in total. The molecule has 34 heavy (non-hydrogen) atoms. The van der Waals surface area contributed by atoms with E-state index in [0.717, 1.165) is 56.3 Å². The van der Waals surface area contributed by atoms with Gasteiger partial charge in [-0.2, -0.15) is 0 Å². The Morgan fingerprint density at radius 3 is 2.38 bits per heavy atom. The van der Waals surface area contributed by atoms with Crippen LogP contribution in [0.4, 0.5) is 0 Å². The Kier molecular flexibility index (Phi) is 8.27. The lowest BCUT2D eigenvalue weighted by Gasteiger charge is -2.41. The fraction of sp³-hybridized carbons (Fsp3) is 0.571. The molecule has 6 heteroatoms. The van der Waals surface area contributed by atoms with E-state index in [2.05, 4.69) is 25.1 Å². The number of unbranched alkanes of at least 4 members (excludes halogenated alkanes) is 1. The first-order valence-corrected chi connectivity index (χ1v) is 12.7. The van der Waals surface area contributed by atoms with Gasteiger partial charge in [-0.05, 0) is 91.0 Å². The first-order valence-electron chi connectivity index (χ1n) is 12.7. The summed E-state index contributed by atoms with van der Waals surface area (Å²) in [6, 6.07) is 10.3. The topological polar surface area (TPSA) is 99.4 Å². The number of fused-ring (bicyclic) bond motifs is 1. The molecule has 4 rings (SSSR count).